The summed E-state index contributed by atoms with van der Waals surface area (Å²) in [5, 5.41) is 12.5. The first-order chi connectivity index (χ1) is 11.1. The van der Waals surface area contributed by atoms with Gasteiger partial charge in [-0.05, 0) is 23.6 Å². The second-order valence-corrected chi connectivity index (χ2v) is 5.85. The van der Waals surface area contributed by atoms with Crippen LogP contribution in [0.15, 0.2) is 33.4 Å². The molecular formula is C15H14N2O5S. The highest BCUT2D eigenvalue weighted by molar-refractivity contribution is 7.08. The summed E-state index contributed by atoms with van der Waals surface area (Å²) >= 11 is 1.47. The fraction of sp³-hybridized carbons (Fsp3) is 0.267. The Morgan fingerprint density at radius 1 is 0.957 bits per heavy atom. The maximum atomic E-state index is 12.3. The molecule has 1 N–H and O–H groups in total. The number of furan rings is 1. The molecule has 1 saturated heterocycles. The van der Waals surface area contributed by atoms with Crippen molar-refractivity contribution in [3.63, 3.8) is 0 Å². The molecule has 0 aromatic carbocycles. The summed E-state index contributed by atoms with van der Waals surface area (Å²) in [5.41, 5.74) is 0.659. The van der Waals surface area contributed by atoms with Gasteiger partial charge >= 0.3 is 5.97 Å². The average Bonchev–Trinajstić information content (AvgIpc) is 3.25. The number of rotatable bonds is 3. The van der Waals surface area contributed by atoms with Gasteiger partial charge in [-0.1, -0.05) is 0 Å². The maximum Gasteiger partial charge on any atom is 0.371 e. The predicted octanol–water partition coefficient (Wildman–Crippen LogP) is 1.64. The van der Waals surface area contributed by atoms with Crippen LogP contribution in [0, 0.1) is 0 Å². The molecular weight excluding hydrogens is 320 g/mol. The van der Waals surface area contributed by atoms with Gasteiger partial charge in [0, 0.05) is 31.6 Å². The first-order valence-electron chi connectivity index (χ1n) is 7.00. The number of amides is 2. The highest BCUT2D eigenvalue weighted by atomic mass is 32.1. The van der Waals surface area contributed by atoms with E-state index in [1.165, 1.54) is 23.5 Å². The molecule has 120 valence electrons. The third-order valence-electron chi connectivity index (χ3n) is 3.65. The van der Waals surface area contributed by atoms with E-state index >= 15 is 0 Å². The van der Waals surface area contributed by atoms with Crippen LogP contribution < -0.4 is 0 Å². The fourth-order valence-corrected chi connectivity index (χ4v) is 3.03. The fourth-order valence-electron chi connectivity index (χ4n) is 2.40. The minimum Gasteiger partial charge on any atom is -0.475 e. The van der Waals surface area contributed by atoms with Gasteiger partial charge in [-0.25, -0.2) is 4.79 Å². The largest absolute Gasteiger partial charge is 0.475 e. The minimum atomic E-state index is -1.21. The number of carboxylic acid groups (broad SMARTS) is 1. The Bertz CT molecular complexity index is 729. The van der Waals surface area contributed by atoms with Crippen LogP contribution in [0.1, 0.15) is 31.5 Å². The van der Waals surface area contributed by atoms with E-state index in [1.807, 2.05) is 5.38 Å². The highest BCUT2D eigenvalue weighted by Crippen LogP contribution is 2.15. The van der Waals surface area contributed by atoms with E-state index in [9.17, 15) is 14.4 Å². The zero-order valence-corrected chi connectivity index (χ0v) is 12.9. The Morgan fingerprint density at radius 3 is 2.09 bits per heavy atom. The maximum absolute atomic E-state index is 12.3. The topological polar surface area (TPSA) is 91.1 Å². The van der Waals surface area contributed by atoms with Gasteiger partial charge in [-0.3, -0.25) is 9.59 Å². The smallest absolute Gasteiger partial charge is 0.371 e. The quantitative estimate of drug-likeness (QED) is 0.921. The van der Waals surface area contributed by atoms with E-state index in [0.29, 0.717) is 31.7 Å². The van der Waals surface area contributed by atoms with Crippen LogP contribution in [0.2, 0.25) is 0 Å². The molecule has 0 atom stereocenters. The standard InChI is InChI=1S/C15H14N2O5S/c18-13(10-3-8-23-9-10)16-4-6-17(7-5-16)14(19)11-1-2-12(22-11)15(20)21/h1-3,8-9H,4-7H2,(H,20,21). The Labute approximate surface area is 135 Å². The Kier molecular flexibility index (Phi) is 4.16. The van der Waals surface area contributed by atoms with Gasteiger partial charge in [-0.2, -0.15) is 11.3 Å². The molecule has 0 radical (unpaired) electrons. The molecule has 2 amide bonds. The zero-order valence-electron chi connectivity index (χ0n) is 12.1. The number of carbonyl (C=O) groups is 3. The molecule has 2 aromatic rings. The zero-order chi connectivity index (χ0) is 16.4. The summed E-state index contributed by atoms with van der Waals surface area (Å²) in [6.07, 6.45) is 0. The lowest BCUT2D eigenvalue weighted by Gasteiger charge is -2.34. The number of carbonyl (C=O) groups excluding carboxylic acids is 2. The van der Waals surface area contributed by atoms with Gasteiger partial charge in [0.15, 0.2) is 5.76 Å². The summed E-state index contributed by atoms with van der Waals surface area (Å²) in [6, 6.07) is 4.39. The number of hydrogen-bond acceptors (Lipinski definition) is 5. The number of carboxylic acids is 1. The lowest BCUT2D eigenvalue weighted by molar-refractivity contribution is 0.0512. The number of aromatic carboxylic acids is 1. The summed E-state index contributed by atoms with van der Waals surface area (Å²) in [7, 11) is 0. The second kappa shape index (κ2) is 6.25. The van der Waals surface area contributed by atoms with Gasteiger partial charge in [0.05, 0.1) is 5.56 Å². The second-order valence-electron chi connectivity index (χ2n) is 5.07. The molecule has 1 aliphatic heterocycles. The Morgan fingerprint density at radius 2 is 1.57 bits per heavy atom. The molecule has 3 rings (SSSR count). The van der Waals surface area contributed by atoms with E-state index in [0.717, 1.165) is 0 Å². The molecule has 0 aliphatic carbocycles. The number of hydrogen-bond donors (Lipinski definition) is 1. The van der Waals surface area contributed by atoms with Crippen molar-refractivity contribution in [2.75, 3.05) is 26.2 Å². The lowest BCUT2D eigenvalue weighted by atomic mass is 10.2. The van der Waals surface area contributed by atoms with E-state index in [4.69, 9.17) is 9.52 Å². The summed E-state index contributed by atoms with van der Waals surface area (Å²) in [5.74, 6) is -1.88. The van der Waals surface area contributed by atoms with Crippen molar-refractivity contribution in [3.8, 4) is 0 Å². The van der Waals surface area contributed by atoms with Crippen LogP contribution >= 0.6 is 11.3 Å². The molecule has 0 saturated carbocycles. The van der Waals surface area contributed by atoms with Crippen molar-refractivity contribution in [1.29, 1.82) is 0 Å². The summed E-state index contributed by atoms with van der Waals surface area (Å²) < 4.78 is 5.02. The molecule has 23 heavy (non-hydrogen) atoms. The number of piperazine rings is 1. The van der Waals surface area contributed by atoms with Crippen LogP contribution in [0.3, 0.4) is 0 Å². The molecule has 1 aliphatic rings. The van der Waals surface area contributed by atoms with Crippen LogP contribution in [0.25, 0.3) is 0 Å². The summed E-state index contributed by atoms with van der Waals surface area (Å²) in [4.78, 5) is 38.6. The van der Waals surface area contributed by atoms with Gasteiger partial charge < -0.3 is 19.3 Å². The van der Waals surface area contributed by atoms with Crippen molar-refractivity contribution < 1.29 is 23.9 Å². The summed E-state index contributed by atoms with van der Waals surface area (Å²) in [6.45, 7) is 1.65. The first kappa shape index (κ1) is 15.3. The third kappa shape index (κ3) is 3.11. The lowest BCUT2D eigenvalue weighted by Crippen LogP contribution is -2.50. The Hall–Kier alpha value is -2.61. The van der Waals surface area contributed by atoms with Crippen molar-refractivity contribution in [1.82, 2.24) is 9.80 Å². The van der Waals surface area contributed by atoms with Crippen molar-refractivity contribution in [3.05, 3.63) is 46.0 Å². The predicted molar refractivity (Wildman–Crippen MR) is 81.8 cm³/mol. The minimum absolute atomic E-state index is 0.0000103. The molecule has 0 spiro atoms. The van der Waals surface area contributed by atoms with E-state index in [1.54, 1.807) is 21.2 Å². The number of thiophene rings is 1. The normalized spacial score (nSPS) is 14.8. The molecule has 0 bridgehead atoms. The first-order valence-corrected chi connectivity index (χ1v) is 7.94. The third-order valence-corrected chi connectivity index (χ3v) is 4.33. The van der Waals surface area contributed by atoms with Crippen molar-refractivity contribution >= 4 is 29.1 Å². The average molecular weight is 334 g/mol. The molecule has 8 heteroatoms. The monoisotopic (exact) mass is 334 g/mol. The number of nitrogens with zero attached hydrogens (tertiary/aromatic N) is 2. The van der Waals surface area contributed by atoms with Crippen LogP contribution in [0.5, 0.6) is 0 Å². The Balaban J connectivity index is 1.61. The van der Waals surface area contributed by atoms with Crippen LogP contribution in [-0.2, 0) is 0 Å². The molecule has 0 unspecified atom stereocenters. The van der Waals surface area contributed by atoms with Crippen molar-refractivity contribution in [2.45, 2.75) is 0 Å². The van der Waals surface area contributed by atoms with Crippen LogP contribution in [0.4, 0.5) is 0 Å². The van der Waals surface area contributed by atoms with Crippen molar-refractivity contribution in [2.24, 2.45) is 0 Å². The molecule has 3 heterocycles. The molecule has 7 nitrogen and oxygen atoms in total. The van der Waals surface area contributed by atoms with Gasteiger partial charge in [0.1, 0.15) is 0 Å². The van der Waals surface area contributed by atoms with E-state index < -0.39 is 5.97 Å². The van der Waals surface area contributed by atoms with E-state index in [2.05, 4.69) is 0 Å². The van der Waals surface area contributed by atoms with Gasteiger partial charge in [0.25, 0.3) is 11.8 Å². The van der Waals surface area contributed by atoms with Gasteiger partial charge in [0.2, 0.25) is 5.76 Å². The SMILES string of the molecule is O=C(O)c1ccc(C(=O)N2CCN(C(=O)c3ccsc3)CC2)o1. The van der Waals surface area contributed by atoms with Crippen LogP contribution in [-0.4, -0.2) is 58.9 Å². The molecule has 2 aromatic heterocycles. The van der Waals surface area contributed by atoms with E-state index in [-0.39, 0.29) is 23.3 Å². The highest BCUT2D eigenvalue weighted by Gasteiger charge is 2.27. The molecule has 1 fully saturated rings. The van der Waals surface area contributed by atoms with Gasteiger partial charge in [-0.15, -0.1) is 0 Å².